The number of hydrogen-bond donors (Lipinski definition) is 0. The molecule has 0 N–H and O–H groups in total. The van der Waals surface area contributed by atoms with Crippen LogP contribution in [-0.4, -0.2) is 33.2 Å². The second-order valence-corrected chi connectivity index (χ2v) is 4.13. The van der Waals surface area contributed by atoms with Gasteiger partial charge in [0.05, 0.1) is 12.7 Å². The predicted octanol–water partition coefficient (Wildman–Crippen LogP) is 2.20. The van der Waals surface area contributed by atoms with Gasteiger partial charge in [0, 0.05) is 14.2 Å². The molecule has 0 amide bonds. The quantitative estimate of drug-likeness (QED) is 0.640. The smallest absolute Gasteiger partial charge is 0.180 e. The van der Waals surface area contributed by atoms with Crippen molar-refractivity contribution in [3.05, 3.63) is 0 Å². The Bertz CT molecular complexity index is 145. The van der Waals surface area contributed by atoms with E-state index < -0.39 is 0 Å². The molecule has 1 saturated carbocycles. The number of rotatable bonds is 5. The van der Waals surface area contributed by atoms with Gasteiger partial charge in [0.1, 0.15) is 0 Å². The molecule has 14 heavy (non-hydrogen) atoms. The van der Waals surface area contributed by atoms with Gasteiger partial charge in [-0.25, -0.2) is 0 Å². The third-order valence-electron chi connectivity index (χ3n) is 2.88. The van der Waals surface area contributed by atoms with Gasteiger partial charge in [0.15, 0.2) is 6.29 Å². The first kappa shape index (κ1) is 12.0. The Balaban J connectivity index is 2.16. The fraction of sp³-hybridized carbons (Fsp3) is 1.00. The van der Waals surface area contributed by atoms with Gasteiger partial charge in [0.25, 0.3) is 0 Å². The lowest BCUT2D eigenvalue weighted by Crippen LogP contribution is -2.27. The van der Waals surface area contributed by atoms with E-state index in [9.17, 15) is 0 Å². The molecule has 1 rings (SSSR count). The van der Waals surface area contributed by atoms with Crippen LogP contribution in [0.5, 0.6) is 0 Å². The van der Waals surface area contributed by atoms with Crippen LogP contribution >= 0.6 is 0 Å². The fourth-order valence-corrected chi connectivity index (χ4v) is 1.98. The highest BCUT2D eigenvalue weighted by Crippen LogP contribution is 2.25. The SMILES string of the molecule is COC(COC1CCCC(C)C1)OC. The van der Waals surface area contributed by atoms with Gasteiger partial charge in [-0.05, 0) is 18.8 Å². The maximum Gasteiger partial charge on any atom is 0.180 e. The summed E-state index contributed by atoms with van der Waals surface area (Å²) in [5, 5.41) is 0. The Morgan fingerprint density at radius 2 is 1.93 bits per heavy atom. The van der Waals surface area contributed by atoms with E-state index in [0.29, 0.717) is 12.7 Å². The van der Waals surface area contributed by atoms with Crippen LogP contribution < -0.4 is 0 Å². The first-order valence-corrected chi connectivity index (χ1v) is 5.43. The highest BCUT2D eigenvalue weighted by Gasteiger charge is 2.20. The van der Waals surface area contributed by atoms with Crippen LogP contribution in [0.1, 0.15) is 32.6 Å². The van der Waals surface area contributed by atoms with Crippen molar-refractivity contribution in [2.45, 2.75) is 45.0 Å². The van der Waals surface area contributed by atoms with Crippen LogP contribution in [0.15, 0.2) is 0 Å². The summed E-state index contributed by atoms with van der Waals surface area (Å²) in [5.41, 5.74) is 0. The van der Waals surface area contributed by atoms with Gasteiger partial charge < -0.3 is 14.2 Å². The van der Waals surface area contributed by atoms with E-state index in [1.165, 1.54) is 25.7 Å². The van der Waals surface area contributed by atoms with E-state index in [2.05, 4.69) is 6.92 Å². The molecular weight excluding hydrogens is 180 g/mol. The van der Waals surface area contributed by atoms with Crippen molar-refractivity contribution in [3.63, 3.8) is 0 Å². The molecule has 0 spiro atoms. The molecule has 0 heterocycles. The zero-order chi connectivity index (χ0) is 10.4. The molecule has 2 atom stereocenters. The molecule has 1 aliphatic carbocycles. The van der Waals surface area contributed by atoms with E-state index in [0.717, 1.165) is 5.92 Å². The summed E-state index contributed by atoms with van der Waals surface area (Å²) in [6.45, 7) is 2.84. The topological polar surface area (TPSA) is 27.7 Å². The van der Waals surface area contributed by atoms with Gasteiger partial charge in [-0.1, -0.05) is 19.8 Å². The Morgan fingerprint density at radius 1 is 1.21 bits per heavy atom. The molecule has 0 aromatic carbocycles. The van der Waals surface area contributed by atoms with Crippen LogP contribution in [0.3, 0.4) is 0 Å². The minimum atomic E-state index is -0.216. The van der Waals surface area contributed by atoms with Crippen LogP contribution in [0.25, 0.3) is 0 Å². The number of ether oxygens (including phenoxy) is 3. The predicted molar refractivity (Wildman–Crippen MR) is 55.2 cm³/mol. The average molecular weight is 202 g/mol. The van der Waals surface area contributed by atoms with Gasteiger partial charge in [-0.3, -0.25) is 0 Å². The first-order chi connectivity index (χ1) is 6.76. The lowest BCUT2D eigenvalue weighted by Gasteiger charge is -2.27. The highest BCUT2D eigenvalue weighted by molar-refractivity contribution is 4.70. The van der Waals surface area contributed by atoms with Crippen LogP contribution in [-0.2, 0) is 14.2 Å². The van der Waals surface area contributed by atoms with Crippen molar-refractivity contribution >= 4 is 0 Å². The van der Waals surface area contributed by atoms with Crippen molar-refractivity contribution in [1.82, 2.24) is 0 Å². The van der Waals surface area contributed by atoms with Crippen molar-refractivity contribution in [1.29, 1.82) is 0 Å². The fourth-order valence-electron chi connectivity index (χ4n) is 1.98. The third-order valence-corrected chi connectivity index (χ3v) is 2.88. The van der Waals surface area contributed by atoms with Crippen molar-refractivity contribution in [3.8, 4) is 0 Å². The summed E-state index contributed by atoms with van der Waals surface area (Å²) in [7, 11) is 3.28. The molecule has 0 aromatic rings. The van der Waals surface area contributed by atoms with Crippen LogP contribution in [0.4, 0.5) is 0 Å². The summed E-state index contributed by atoms with van der Waals surface area (Å²) >= 11 is 0. The summed E-state index contributed by atoms with van der Waals surface area (Å²) in [5.74, 6) is 0.803. The molecule has 2 unspecified atom stereocenters. The van der Waals surface area contributed by atoms with Gasteiger partial charge >= 0.3 is 0 Å². The molecular formula is C11H22O3. The van der Waals surface area contributed by atoms with E-state index >= 15 is 0 Å². The van der Waals surface area contributed by atoms with Crippen molar-refractivity contribution < 1.29 is 14.2 Å². The molecule has 0 bridgehead atoms. The largest absolute Gasteiger partial charge is 0.373 e. The van der Waals surface area contributed by atoms with E-state index in [-0.39, 0.29) is 6.29 Å². The van der Waals surface area contributed by atoms with Crippen LogP contribution in [0, 0.1) is 5.92 Å². The molecule has 84 valence electrons. The van der Waals surface area contributed by atoms with E-state index in [1.807, 2.05) is 0 Å². The third kappa shape index (κ3) is 3.95. The minimum absolute atomic E-state index is 0.216. The lowest BCUT2D eigenvalue weighted by atomic mass is 9.89. The number of hydrogen-bond acceptors (Lipinski definition) is 3. The van der Waals surface area contributed by atoms with Crippen molar-refractivity contribution in [2.24, 2.45) is 5.92 Å². The molecule has 0 saturated heterocycles. The Labute approximate surface area is 86.7 Å². The lowest BCUT2D eigenvalue weighted by molar-refractivity contribution is -0.155. The Hall–Kier alpha value is -0.120. The molecule has 1 fully saturated rings. The summed E-state index contributed by atoms with van der Waals surface area (Å²) < 4.78 is 15.9. The highest BCUT2D eigenvalue weighted by atomic mass is 16.7. The molecule has 1 aliphatic rings. The monoisotopic (exact) mass is 202 g/mol. The maximum absolute atomic E-state index is 5.75. The second kappa shape index (κ2) is 6.38. The van der Waals surface area contributed by atoms with Gasteiger partial charge in [-0.15, -0.1) is 0 Å². The zero-order valence-corrected chi connectivity index (χ0v) is 9.49. The second-order valence-electron chi connectivity index (χ2n) is 4.13. The molecule has 0 aliphatic heterocycles. The summed E-state index contributed by atoms with van der Waals surface area (Å²) in [4.78, 5) is 0. The molecule has 0 radical (unpaired) electrons. The molecule has 0 aromatic heterocycles. The molecule has 3 heteroatoms. The van der Waals surface area contributed by atoms with Crippen molar-refractivity contribution in [2.75, 3.05) is 20.8 Å². The van der Waals surface area contributed by atoms with Crippen LogP contribution in [0.2, 0.25) is 0 Å². The Morgan fingerprint density at radius 3 is 2.50 bits per heavy atom. The van der Waals surface area contributed by atoms with E-state index in [4.69, 9.17) is 14.2 Å². The maximum atomic E-state index is 5.75. The average Bonchev–Trinajstić information content (AvgIpc) is 2.19. The van der Waals surface area contributed by atoms with Gasteiger partial charge in [0.2, 0.25) is 0 Å². The standard InChI is InChI=1S/C11H22O3/c1-9-5-4-6-10(7-9)14-8-11(12-2)13-3/h9-11H,4-8H2,1-3H3. The number of methoxy groups -OCH3 is 2. The Kier molecular flexibility index (Phi) is 5.45. The first-order valence-electron chi connectivity index (χ1n) is 5.43. The molecule has 3 nitrogen and oxygen atoms in total. The summed E-state index contributed by atoms with van der Waals surface area (Å²) in [6, 6.07) is 0. The zero-order valence-electron chi connectivity index (χ0n) is 9.49. The van der Waals surface area contributed by atoms with Gasteiger partial charge in [-0.2, -0.15) is 0 Å². The van der Waals surface area contributed by atoms with E-state index in [1.54, 1.807) is 14.2 Å². The minimum Gasteiger partial charge on any atom is -0.373 e. The normalized spacial score (nSPS) is 28.3. The summed E-state index contributed by atoms with van der Waals surface area (Å²) in [6.07, 6.45) is 5.19.